The Morgan fingerprint density at radius 2 is 1.93 bits per heavy atom. The molecular weight excluding hydrogens is 188 g/mol. The van der Waals surface area contributed by atoms with Crippen molar-refractivity contribution in [1.82, 2.24) is 0 Å². The van der Waals surface area contributed by atoms with Crippen molar-refractivity contribution in [2.45, 2.75) is 11.8 Å². The SMILES string of the molecule is N#Cc1ccc(C2(C#N)CCOC2)cc1. The lowest BCUT2D eigenvalue weighted by molar-refractivity contribution is 0.186. The van der Waals surface area contributed by atoms with Gasteiger partial charge in [-0.1, -0.05) is 12.1 Å². The van der Waals surface area contributed by atoms with E-state index < -0.39 is 5.41 Å². The second-order valence-corrected chi connectivity index (χ2v) is 3.69. The van der Waals surface area contributed by atoms with Crippen LogP contribution in [0.5, 0.6) is 0 Å². The summed E-state index contributed by atoms with van der Waals surface area (Å²) in [5.41, 5.74) is 1.06. The quantitative estimate of drug-likeness (QED) is 0.690. The maximum absolute atomic E-state index is 9.20. The monoisotopic (exact) mass is 198 g/mol. The second kappa shape index (κ2) is 3.73. The van der Waals surface area contributed by atoms with E-state index in [1.54, 1.807) is 12.1 Å². The number of ether oxygens (including phenoxy) is 1. The molecule has 1 aromatic rings. The summed E-state index contributed by atoms with van der Waals surface area (Å²) in [5.74, 6) is 0. The first-order chi connectivity index (χ1) is 7.30. The van der Waals surface area contributed by atoms with Gasteiger partial charge in [-0.2, -0.15) is 10.5 Å². The molecule has 2 rings (SSSR count). The number of benzene rings is 1. The highest BCUT2D eigenvalue weighted by Gasteiger charge is 2.36. The fourth-order valence-electron chi connectivity index (χ4n) is 1.81. The summed E-state index contributed by atoms with van der Waals surface area (Å²) in [5, 5.41) is 17.9. The van der Waals surface area contributed by atoms with E-state index in [1.807, 2.05) is 12.1 Å². The zero-order chi connectivity index (χ0) is 10.7. The van der Waals surface area contributed by atoms with Crippen LogP contribution in [-0.2, 0) is 10.2 Å². The van der Waals surface area contributed by atoms with E-state index in [1.165, 1.54) is 0 Å². The Labute approximate surface area is 88.5 Å². The lowest BCUT2D eigenvalue weighted by atomic mass is 9.81. The minimum Gasteiger partial charge on any atom is -0.379 e. The molecule has 3 nitrogen and oxygen atoms in total. The third kappa shape index (κ3) is 1.58. The van der Waals surface area contributed by atoms with Crippen molar-refractivity contribution in [3.05, 3.63) is 35.4 Å². The first-order valence-corrected chi connectivity index (χ1v) is 4.80. The Morgan fingerprint density at radius 1 is 1.20 bits per heavy atom. The average Bonchev–Trinajstić information content (AvgIpc) is 2.79. The lowest BCUT2D eigenvalue weighted by Crippen LogP contribution is -2.23. The minimum atomic E-state index is -0.506. The van der Waals surface area contributed by atoms with Crippen LogP contribution in [0.1, 0.15) is 17.5 Å². The molecule has 0 N–H and O–H groups in total. The van der Waals surface area contributed by atoms with Crippen LogP contribution in [0.25, 0.3) is 0 Å². The zero-order valence-electron chi connectivity index (χ0n) is 8.23. The van der Waals surface area contributed by atoms with Gasteiger partial charge in [0.1, 0.15) is 5.41 Å². The normalized spacial score (nSPS) is 24.4. The molecule has 1 unspecified atom stereocenters. The molecule has 0 saturated carbocycles. The molecule has 15 heavy (non-hydrogen) atoms. The van der Waals surface area contributed by atoms with Gasteiger partial charge in [0.25, 0.3) is 0 Å². The highest BCUT2D eigenvalue weighted by molar-refractivity contribution is 5.39. The van der Waals surface area contributed by atoms with E-state index in [0.29, 0.717) is 18.8 Å². The Bertz CT molecular complexity index is 430. The van der Waals surface area contributed by atoms with E-state index in [4.69, 9.17) is 10.00 Å². The number of hydrogen-bond donors (Lipinski definition) is 0. The number of nitrogens with zero attached hydrogens (tertiary/aromatic N) is 2. The van der Waals surface area contributed by atoms with Crippen LogP contribution >= 0.6 is 0 Å². The van der Waals surface area contributed by atoms with Gasteiger partial charge in [-0.15, -0.1) is 0 Å². The van der Waals surface area contributed by atoms with E-state index >= 15 is 0 Å². The molecule has 1 heterocycles. The molecule has 0 radical (unpaired) electrons. The Hall–Kier alpha value is -1.84. The first-order valence-electron chi connectivity index (χ1n) is 4.80. The third-order valence-electron chi connectivity index (χ3n) is 2.80. The van der Waals surface area contributed by atoms with Gasteiger partial charge in [0.2, 0.25) is 0 Å². The van der Waals surface area contributed by atoms with Crippen molar-refractivity contribution in [2.75, 3.05) is 13.2 Å². The lowest BCUT2D eigenvalue weighted by Gasteiger charge is -2.18. The smallest absolute Gasteiger partial charge is 0.108 e. The van der Waals surface area contributed by atoms with Crippen molar-refractivity contribution in [3.8, 4) is 12.1 Å². The maximum Gasteiger partial charge on any atom is 0.108 e. The largest absolute Gasteiger partial charge is 0.379 e. The highest BCUT2D eigenvalue weighted by atomic mass is 16.5. The molecule has 74 valence electrons. The van der Waals surface area contributed by atoms with E-state index in [2.05, 4.69) is 12.1 Å². The fraction of sp³-hybridized carbons (Fsp3) is 0.333. The predicted octanol–water partition coefficient (Wildman–Crippen LogP) is 1.74. The standard InChI is InChI=1S/C12H10N2O/c13-7-10-1-3-11(4-2-10)12(8-14)5-6-15-9-12/h1-4H,5-6,9H2. The Balaban J connectivity index is 2.37. The molecule has 3 heteroatoms. The molecule has 0 amide bonds. The highest BCUT2D eigenvalue weighted by Crippen LogP contribution is 2.32. The molecule has 0 bridgehead atoms. The van der Waals surface area contributed by atoms with Crippen LogP contribution < -0.4 is 0 Å². The maximum atomic E-state index is 9.20. The van der Waals surface area contributed by atoms with E-state index in [-0.39, 0.29) is 0 Å². The van der Waals surface area contributed by atoms with Gasteiger partial charge in [-0.25, -0.2) is 0 Å². The Morgan fingerprint density at radius 3 is 2.40 bits per heavy atom. The van der Waals surface area contributed by atoms with Crippen LogP contribution in [0.3, 0.4) is 0 Å². The summed E-state index contributed by atoms with van der Waals surface area (Å²) in [6.07, 6.45) is 0.732. The molecule has 1 atom stereocenters. The molecule has 1 aliphatic heterocycles. The molecule has 0 aromatic heterocycles. The van der Waals surface area contributed by atoms with Gasteiger partial charge in [-0.3, -0.25) is 0 Å². The van der Waals surface area contributed by atoms with Crippen LogP contribution in [-0.4, -0.2) is 13.2 Å². The minimum absolute atomic E-state index is 0.454. The molecular formula is C12H10N2O. The van der Waals surface area contributed by atoms with E-state index in [0.717, 1.165) is 12.0 Å². The summed E-state index contributed by atoms with van der Waals surface area (Å²) in [6, 6.07) is 11.6. The number of nitriles is 2. The zero-order valence-corrected chi connectivity index (χ0v) is 8.23. The van der Waals surface area contributed by atoms with Gasteiger partial charge in [0.05, 0.1) is 24.3 Å². The third-order valence-corrected chi connectivity index (χ3v) is 2.80. The first kappa shape index (κ1) is 9.71. The van der Waals surface area contributed by atoms with Gasteiger partial charge >= 0.3 is 0 Å². The van der Waals surface area contributed by atoms with Gasteiger partial charge < -0.3 is 4.74 Å². The topological polar surface area (TPSA) is 56.8 Å². The van der Waals surface area contributed by atoms with Crippen LogP contribution in [0.2, 0.25) is 0 Å². The Kier molecular flexibility index (Phi) is 2.41. The van der Waals surface area contributed by atoms with Gasteiger partial charge in [0, 0.05) is 6.61 Å². The second-order valence-electron chi connectivity index (χ2n) is 3.69. The summed E-state index contributed by atoms with van der Waals surface area (Å²) in [4.78, 5) is 0. The van der Waals surface area contributed by atoms with Crippen molar-refractivity contribution in [2.24, 2.45) is 0 Å². The average molecular weight is 198 g/mol. The van der Waals surface area contributed by atoms with Crippen molar-refractivity contribution < 1.29 is 4.74 Å². The summed E-state index contributed by atoms with van der Waals surface area (Å²) >= 11 is 0. The molecule has 1 aromatic carbocycles. The summed E-state index contributed by atoms with van der Waals surface area (Å²) in [7, 11) is 0. The molecule has 1 fully saturated rings. The number of rotatable bonds is 1. The van der Waals surface area contributed by atoms with E-state index in [9.17, 15) is 5.26 Å². The fourth-order valence-corrected chi connectivity index (χ4v) is 1.81. The summed E-state index contributed by atoms with van der Waals surface area (Å²) in [6.45, 7) is 1.09. The molecule has 1 saturated heterocycles. The van der Waals surface area contributed by atoms with Crippen molar-refractivity contribution in [1.29, 1.82) is 10.5 Å². The molecule has 1 aliphatic rings. The van der Waals surface area contributed by atoms with Gasteiger partial charge in [-0.05, 0) is 24.1 Å². The van der Waals surface area contributed by atoms with Crippen LogP contribution in [0, 0.1) is 22.7 Å². The molecule has 0 spiro atoms. The van der Waals surface area contributed by atoms with Crippen LogP contribution in [0.4, 0.5) is 0 Å². The predicted molar refractivity (Wildman–Crippen MR) is 53.9 cm³/mol. The molecule has 0 aliphatic carbocycles. The summed E-state index contributed by atoms with van der Waals surface area (Å²) < 4.78 is 5.27. The van der Waals surface area contributed by atoms with Crippen LogP contribution in [0.15, 0.2) is 24.3 Å². The van der Waals surface area contributed by atoms with Gasteiger partial charge in [0.15, 0.2) is 0 Å². The van der Waals surface area contributed by atoms with Crippen molar-refractivity contribution >= 4 is 0 Å². The van der Waals surface area contributed by atoms with Crippen molar-refractivity contribution in [3.63, 3.8) is 0 Å². The number of hydrogen-bond acceptors (Lipinski definition) is 3.